The summed E-state index contributed by atoms with van der Waals surface area (Å²) in [5.41, 5.74) is 3.76. The number of imidazole rings is 1. The zero-order valence-electron chi connectivity index (χ0n) is 7.29. The molecular weight excluding hydrogens is 194 g/mol. The number of fused-ring (bicyclic) bond motifs is 1. The van der Waals surface area contributed by atoms with E-state index in [9.17, 15) is 0 Å². The molecule has 0 aliphatic rings. The van der Waals surface area contributed by atoms with E-state index in [0.717, 1.165) is 16.2 Å². The Morgan fingerprint density at radius 2 is 1.93 bits per heavy atom. The maximum Gasteiger partial charge on any atom is 0.189 e. The number of rotatable bonds is 1. The van der Waals surface area contributed by atoms with Crippen molar-refractivity contribution in [2.24, 2.45) is 0 Å². The van der Waals surface area contributed by atoms with Crippen molar-refractivity contribution in [2.45, 2.75) is 0 Å². The lowest BCUT2D eigenvalue weighted by Gasteiger charge is -2.00. The number of para-hydroxylation sites is 1. The fourth-order valence-electron chi connectivity index (χ4n) is 1.42. The van der Waals surface area contributed by atoms with Crippen molar-refractivity contribution in [3.8, 4) is 5.69 Å². The van der Waals surface area contributed by atoms with E-state index in [-0.39, 0.29) is 0 Å². The van der Waals surface area contributed by atoms with Crippen LogP contribution >= 0.6 is 11.3 Å². The van der Waals surface area contributed by atoms with Crippen LogP contribution in [0.4, 0.5) is 0 Å². The Balaban J connectivity index is 2.28. The van der Waals surface area contributed by atoms with Gasteiger partial charge in [0.15, 0.2) is 5.65 Å². The van der Waals surface area contributed by atoms with Crippen molar-refractivity contribution in [3.05, 3.63) is 42.2 Å². The van der Waals surface area contributed by atoms with Crippen LogP contribution in [0.3, 0.4) is 0 Å². The maximum atomic E-state index is 4.22. The van der Waals surface area contributed by atoms with Crippen molar-refractivity contribution in [1.29, 1.82) is 0 Å². The highest BCUT2D eigenvalue weighted by atomic mass is 32.1. The van der Waals surface area contributed by atoms with Gasteiger partial charge in [-0.25, -0.2) is 9.97 Å². The van der Waals surface area contributed by atoms with Gasteiger partial charge in [-0.15, -0.1) is 11.3 Å². The lowest BCUT2D eigenvalue weighted by Crippen LogP contribution is -1.88. The van der Waals surface area contributed by atoms with Crippen LogP contribution in [0.2, 0.25) is 0 Å². The largest absolute Gasteiger partial charge is 0.289 e. The average molecular weight is 201 g/mol. The third-order valence-corrected chi connectivity index (χ3v) is 2.89. The minimum absolute atomic E-state index is 0.818. The van der Waals surface area contributed by atoms with Crippen molar-refractivity contribution in [2.75, 3.05) is 0 Å². The zero-order valence-corrected chi connectivity index (χ0v) is 8.11. The summed E-state index contributed by atoms with van der Waals surface area (Å²) in [5, 5.41) is 0. The SMILES string of the molecule is c1ccc(-n2cnc3ncsc32)cc1. The molecule has 0 spiro atoms. The number of thiazole rings is 1. The predicted molar refractivity (Wildman–Crippen MR) is 56.7 cm³/mol. The highest BCUT2D eigenvalue weighted by Gasteiger charge is 2.05. The second-order valence-electron chi connectivity index (χ2n) is 2.93. The molecule has 0 unspecified atom stereocenters. The summed E-state index contributed by atoms with van der Waals surface area (Å²) in [5.74, 6) is 0. The minimum atomic E-state index is 0.818. The first-order valence-electron chi connectivity index (χ1n) is 4.27. The first-order chi connectivity index (χ1) is 6.95. The Hall–Kier alpha value is -1.68. The second-order valence-corrected chi connectivity index (χ2v) is 3.76. The van der Waals surface area contributed by atoms with Crippen LogP contribution in [-0.4, -0.2) is 14.5 Å². The molecule has 0 radical (unpaired) electrons. The van der Waals surface area contributed by atoms with Crippen molar-refractivity contribution >= 4 is 21.8 Å². The Bertz CT molecular complexity index is 553. The quantitative estimate of drug-likeness (QED) is 0.605. The van der Waals surface area contributed by atoms with Crippen LogP contribution in [0.15, 0.2) is 42.2 Å². The molecule has 0 bridgehead atoms. The van der Waals surface area contributed by atoms with Crippen molar-refractivity contribution in [1.82, 2.24) is 14.5 Å². The van der Waals surface area contributed by atoms with Crippen molar-refractivity contribution < 1.29 is 0 Å². The van der Waals surface area contributed by atoms with E-state index in [2.05, 4.69) is 22.1 Å². The Labute approximate surface area is 84.7 Å². The summed E-state index contributed by atoms with van der Waals surface area (Å²) >= 11 is 1.60. The monoisotopic (exact) mass is 201 g/mol. The fourth-order valence-corrected chi connectivity index (χ4v) is 2.15. The first kappa shape index (κ1) is 7.70. The van der Waals surface area contributed by atoms with Gasteiger partial charge < -0.3 is 0 Å². The summed E-state index contributed by atoms with van der Waals surface area (Å²) in [4.78, 5) is 9.46. The molecule has 0 amide bonds. The van der Waals surface area contributed by atoms with Crippen molar-refractivity contribution in [3.63, 3.8) is 0 Å². The van der Waals surface area contributed by atoms with E-state index >= 15 is 0 Å². The van der Waals surface area contributed by atoms with E-state index < -0.39 is 0 Å². The van der Waals surface area contributed by atoms with E-state index in [0.29, 0.717) is 0 Å². The second kappa shape index (κ2) is 2.92. The molecule has 14 heavy (non-hydrogen) atoms. The smallest absolute Gasteiger partial charge is 0.189 e. The van der Waals surface area contributed by atoms with Crippen LogP contribution in [0.5, 0.6) is 0 Å². The summed E-state index contributed by atoms with van der Waals surface area (Å²) in [6, 6.07) is 10.1. The van der Waals surface area contributed by atoms with Gasteiger partial charge in [0, 0.05) is 5.69 Å². The lowest BCUT2D eigenvalue weighted by molar-refractivity contribution is 1.10. The summed E-state index contributed by atoms with van der Waals surface area (Å²) in [6.07, 6.45) is 1.81. The summed E-state index contributed by atoms with van der Waals surface area (Å²) < 4.78 is 2.05. The Morgan fingerprint density at radius 1 is 1.07 bits per heavy atom. The molecule has 0 saturated carbocycles. The van der Waals surface area contributed by atoms with E-state index in [1.165, 1.54) is 0 Å². The van der Waals surface area contributed by atoms with Crippen LogP contribution in [-0.2, 0) is 0 Å². The molecule has 0 atom stereocenters. The number of hydrogen-bond donors (Lipinski definition) is 0. The molecule has 2 heterocycles. The maximum absolute atomic E-state index is 4.22. The van der Waals surface area contributed by atoms with Gasteiger partial charge in [-0.1, -0.05) is 18.2 Å². The van der Waals surface area contributed by atoms with Crippen LogP contribution in [0, 0.1) is 0 Å². The molecule has 0 saturated heterocycles. The topological polar surface area (TPSA) is 30.7 Å². The Kier molecular flexibility index (Phi) is 1.61. The van der Waals surface area contributed by atoms with Gasteiger partial charge >= 0.3 is 0 Å². The first-order valence-corrected chi connectivity index (χ1v) is 5.15. The molecular formula is C10H7N3S. The molecule has 0 N–H and O–H groups in total. The average Bonchev–Trinajstić information content (AvgIpc) is 2.79. The standard InChI is InChI=1S/C10H7N3S/c1-2-4-8(5-3-1)13-6-11-9-10(13)14-7-12-9/h1-7H. The highest BCUT2D eigenvalue weighted by Crippen LogP contribution is 2.20. The van der Waals surface area contributed by atoms with Crippen LogP contribution < -0.4 is 0 Å². The van der Waals surface area contributed by atoms with Gasteiger partial charge in [0.25, 0.3) is 0 Å². The number of benzene rings is 1. The normalized spacial score (nSPS) is 10.9. The van der Waals surface area contributed by atoms with Crippen LogP contribution in [0.25, 0.3) is 16.2 Å². The van der Waals surface area contributed by atoms with Gasteiger partial charge in [-0.3, -0.25) is 4.57 Å². The lowest BCUT2D eigenvalue weighted by atomic mass is 10.3. The number of nitrogens with zero attached hydrogens (tertiary/aromatic N) is 3. The summed E-state index contributed by atoms with van der Waals surface area (Å²) in [6.45, 7) is 0. The molecule has 0 fully saturated rings. The molecule has 3 aromatic rings. The minimum Gasteiger partial charge on any atom is -0.289 e. The number of hydrogen-bond acceptors (Lipinski definition) is 3. The van der Waals surface area contributed by atoms with Gasteiger partial charge in [-0.05, 0) is 12.1 Å². The van der Waals surface area contributed by atoms with E-state index in [1.807, 2.05) is 34.6 Å². The Morgan fingerprint density at radius 3 is 2.79 bits per heavy atom. The van der Waals surface area contributed by atoms with Gasteiger partial charge in [0.05, 0.1) is 5.51 Å². The molecule has 68 valence electrons. The molecule has 2 aromatic heterocycles. The molecule has 0 aliphatic heterocycles. The predicted octanol–water partition coefficient (Wildman–Crippen LogP) is 2.48. The zero-order chi connectivity index (χ0) is 9.38. The van der Waals surface area contributed by atoms with Gasteiger partial charge in [-0.2, -0.15) is 0 Å². The third-order valence-electron chi connectivity index (χ3n) is 2.08. The molecule has 0 aliphatic carbocycles. The molecule has 4 heteroatoms. The number of aromatic nitrogens is 3. The van der Waals surface area contributed by atoms with E-state index in [1.54, 1.807) is 11.3 Å². The van der Waals surface area contributed by atoms with Gasteiger partial charge in [0.2, 0.25) is 0 Å². The molecule has 1 aromatic carbocycles. The van der Waals surface area contributed by atoms with Gasteiger partial charge in [0.1, 0.15) is 11.2 Å². The van der Waals surface area contributed by atoms with E-state index in [4.69, 9.17) is 0 Å². The van der Waals surface area contributed by atoms with Crippen LogP contribution in [0.1, 0.15) is 0 Å². The third kappa shape index (κ3) is 1.04. The fraction of sp³-hybridized carbons (Fsp3) is 0. The molecule has 3 nitrogen and oxygen atoms in total. The highest BCUT2D eigenvalue weighted by molar-refractivity contribution is 7.16. The summed E-state index contributed by atoms with van der Waals surface area (Å²) in [7, 11) is 0. The molecule has 3 rings (SSSR count).